The van der Waals surface area contributed by atoms with Gasteiger partial charge in [0.25, 0.3) is 11.9 Å². The molecule has 1 aromatic heterocycles. The Hall–Kier alpha value is -2.90. The second-order valence-corrected chi connectivity index (χ2v) is 6.86. The van der Waals surface area contributed by atoms with Gasteiger partial charge in [0.1, 0.15) is 0 Å². The van der Waals surface area contributed by atoms with Crippen molar-refractivity contribution in [3.63, 3.8) is 0 Å². The lowest BCUT2D eigenvalue weighted by molar-refractivity contribution is -0.117. The molecule has 0 saturated heterocycles. The Morgan fingerprint density at radius 2 is 1.93 bits per heavy atom. The quantitative estimate of drug-likeness (QED) is 0.698. The number of nitrogens with one attached hydrogen (secondary N) is 2. The number of benzene rings is 2. The molecule has 3 aromatic rings. The first-order valence-electron chi connectivity index (χ1n) is 8.08. The van der Waals surface area contributed by atoms with Crippen LogP contribution in [0.2, 0.25) is 10.0 Å². The van der Waals surface area contributed by atoms with E-state index in [-0.39, 0.29) is 30.3 Å². The van der Waals surface area contributed by atoms with Crippen LogP contribution in [-0.2, 0) is 4.79 Å². The number of fused-ring (bicyclic) bond motifs is 1. The summed E-state index contributed by atoms with van der Waals surface area (Å²) in [6.07, 6.45) is 0.208. The number of rotatable bonds is 3. The average Bonchev–Trinajstić information content (AvgIpc) is 3.03. The average molecular weight is 402 g/mol. The van der Waals surface area contributed by atoms with E-state index >= 15 is 0 Å². The fourth-order valence-electron chi connectivity index (χ4n) is 2.86. The first-order chi connectivity index (χ1) is 13.0. The number of hydrogen-bond donors (Lipinski definition) is 2. The number of amides is 2. The molecule has 0 aliphatic carbocycles. The van der Waals surface area contributed by atoms with Gasteiger partial charge in [-0.3, -0.25) is 20.2 Å². The van der Waals surface area contributed by atoms with Crippen molar-refractivity contribution in [1.29, 1.82) is 0 Å². The first kappa shape index (κ1) is 17.5. The Morgan fingerprint density at radius 3 is 2.67 bits per heavy atom. The molecule has 0 radical (unpaired) electrons. The van der Waals surface area contributed by atoms with Crippen molar-refractivity contribution < 1.29 is 9.59 Å². The highest BCUT2D eigenvalue weighted by atomic mass is 35.5. The third kappa shape index (κ3) is 3.65. The van der Waals surface area contributed by atoms with Crippen LogP contribution in [0.4, 0.5) is 11.9 Å². The molecule has 4 rings (SSSR count). The van der Waals surface area contributed by atoms with E-state index in [1.807, 2.05) is 12.1 Å². The van der Waals surface area contributed by atoms with Gasteiger partial charge in [-0.15, -0.1) is 5.10 Å². The highest BCUT2D eigenvalue weighted by Gasteiger charge is 2.29. The zero-order valence-corrected chi connectivity index (χ0v) is 15.3. The molecule has 1 aliphatic heterocycles. The summed E-state index contributed by atoms with van der Waals surface area (Å²) in [5.74, 6) is -0.207. The molecule has 7 nitrogen and oxygen atoms in total. The van der Waals surface area contributed by atoms with Gasteiger partial charge in [0, 0.05) is 15.6 Å². The zero-order chi connectivity index (χ0) is 19.0. The molecular weight excluding hydrogens is 389 g/mol. The van der Waals surface area contributed by atoms with E-state index in [1.54, 1.807) is 41.1 Å². The summed E-state index contributed by atoms with van der Waals surface area (Å²) in [5, 5.41) is 10.7. The number of anilines is 2. The Morgan fingerprint density at radius 1 is 1.15 bits per heavy atom. The van der Waals surface area contributed by atoms with Gasteiger partial charge in [-0.1, -0.05) is 41.4 Å². The molecule has 1 atom stereocenters. The predicted octanol–water partition coefficient (Wildman–Crippen LogP) is 3.77. The summed E-state index contributed by atoms with van der Waals surface area (Å²) in [5.41, 5.74) is 1.25. The summed E-state index contributed by atoms with van der Waals surface area (Å²) < 4.78 is 1.58. The lowest BCUT2D eigenvalue weighted by atomic mass is 10.0. The number of hydrogen-bond acceptors (Lipinski definition) is 4. The van der Waals surface area contributed by atoms with E-state index < -0.39 is 5.91 Å². The lowest BCUT2D eigenvalue weighted by Gasteiger charge is -2.23. The standard InChI is InChI=1S/C18H13Cl2N5O2/c19-12-6-4-10(5-7-12)14-9-15(26)21-18-23-17(24-25(14)18)22-16(27)11-2-1-3-13(20)8-11/h1-8,14H,9H2,(H2,21,22,23,24,26,27)/t14-/m0/s1. The zero-order valence-electron chi connectivity index (χ0n) is 13.8. The molecule has 0 unspecified atom stereocenters. The van der Waals surface area contributed by atoms with Crippen LogP contribution in [0, 0.1) is 0 Å². The highest BCUT2D eigenvalue weighted by Crippen LogP contribution is 2.30. The van der Waals surface area contributed by atoms with Crippen LogP contribution in [0.25, 0.3) is 0 Å². The molecule has 2 amide bonds. The van der Waals surface area contributed by atoms with E-state index in [1.165, 1.54) is 0 Å². The number of halogens is 2. The van der Waals surface area contributed by atoms with Crippen LogP contribution < -0.4 is 10.6 Å². The smallest absolute Gasteiger partial charge is 0.258 e. The molecule has 0 spiro atoms. The SMILES string of the molecule is O=C1C[C@@H](c2ccc(Cl)cc2)n2nc(NC(=O)c3cccc(Cl)c3)nc2N1. The molecule has 9 heteroatoms. The van der Waals surface area contributed by atoms with E-state index in [9.17, 15) is 9.59 Å². The summed E-state index contributed by atoms with van der Waals surface area (Å²) in [7, 11) is 0. The van der Waals surface area contributed by atoms with Gasteiger partial charge in [-0.05, 0) is 35.9 Å². The van der Waals surface area contributed by atoms with Crippen LogP contribution in [-0.4, -0.2) is 26.6 Å². The van der Waals surface area contributed by atoms with Gasteiger partial charge < -0.3 is 0 Å². The van der Waals surface area contributed by atoms with Gasteiger partial charge >= 0.3 is 0 Å². The molecule has 2 heterocycles. The molecule has 2 N–H and O–H groups in total. The van der Waals surface area contributed by atoms with Gasteiger partial charge in [0.05, 0.1) is 12.5 Å². The fourth-order valence-corrected chi connectivity index (χ4v) is 3.18. The van der Waals surface area contributed by atoms with Crippen LogP contribution in [0.3, 0.4) is 0 Å². The van der Waals surface area contributed by atoms with E-state index in [0.717, 1.165) is 5.56 Å². The van der Waals surface area contributed by atoms with Crippen molar-refractivity contribution in [2.75, 3.05) is 10.6 Å². The molecule has 0 bridgehead atoms. The van der Waals surface area contributed by atoms with Gasteiger partial charge in [-0.25, -0.2) is 4.68 Å². The molecule has 2 aromatic carbocycles. The Kier molecular flexibility index (Phi) is 4.55. The maximum Gasteiger partial charge on any atom is 0.258 e. The highest BCUT2D eigenvalue weighted by molar-refractivity contribution is 6.31. The largest absolute Gasteiger partial charge is 0.295 e. The third-order valence-electron chi connectivity index (χ3n) is 4.12. The Balaban J connectivity index is 1.63. The first-order valence-corrected chi connectivity index (χ1v) is 8.84. The van der Waals surface area contributed by atoms with E-state index in [4.69, 9.17) is 23.2 Å². The minimum atomic E-state index is -0.394. The van der Waals surface area contributed by atoms with Crippen LogP contribution >= 0.6 is 23.2 Å². The summed E-state index contributed by atoms with van der Waals surface area (Å²) >= 11 is 11.9. The van der Waals surface area contributed by atoms with Crippen molar-refractivity contribution >= 4 is 46.9 Å². The van der Waals surface area contributed by atoms with Crippen molar-refractivity contribution in [2.45, 2.75) is 12.5 Å². The fraction of sp³-hybridized carbons (Fsp3) is 0.111. The number of aromatic nitrogens is 3. The number of nitrogens with zero attached hydrogens (tertiary/aromatic N) is 3. The van der Waals surface area contributed by atoms with E-state index in [0.29, 0.717) is 15.6 Å². The molecule has 136 valence electrons. The molecule has 0 fully saturated rings. The Bertz CT molecular complexity index is 1030. The van der Waals surface area contributed by atoms with Crippen LogP contribution in [0.5, 0.6) is 0 Å². The van der Waals surface area contributed by atoms with Crippen molar-refractivity contribution in [2.24, 2.45) is 0 Å². The van der Waals surface area contributed by atoms with Gasteiger partial charge in [0.15, 0.2) is 0 Å². The predicted molar refractivity (Wildman–Crippen MR) is 102 cm³/mol. The van der Waals surface area contributed by atoms with Crippen LogP contribution in [0.15, 0.2) is 48.5 Å². The number of carbonyl (C=O) groups is 2. The van der Waals surface area contributed by atoms with Crippen molar-refractivity contribution in [1.82, 2.24) is 14.8 Å². The maximum absolute atomic E-state index is 12.4. The normalized spacial score (nSPS) is 15.8. The molecule has 27 heavy (non-hydrogen) atoms. The van der Waals surface area contributed by atoms with Gasteiger partial charge in [-0.2, -0.15) is 4.98 Å². The van der Waals surface area contributed by atoms with E-state index in [2.05, 4.69) is 20.7 Å². The van der Waals surface area contributed by atoms with Gasteiger partial charge in [0.2, 0.25) is 11.9 Å². The maximum atomic E-state index is 12.4. The second-order valence-electron chi connectivity index (χ2n) is 5.99. The topological polar surface area (TPSA) is 88.9 Å². The lowest BCUT2D eigenvalue weighted by Crippen LogP contribution is -2.29. The minimum absolute atomic E-state index is 0.0936. The molecule has 1 aliphatic rings. The number of carbonyl (C=O) groups excluding carboxylic acids is 2. The molecular formula is C18H13Cl2N5O2. The monoisotopic (exact) mass is 401 g/mol. The minimum Gasteiger partial charge on any atom is -0.295 e. The third-order valence-corrected chi connectivity index (χ3v) is 4.61. The Labute approximate surface area is 164 Å². The summed E-state index contributed by atoms with van der Waals surface area (Å²) in [6, 6.07) is 13.4. The van der Waals surface area contributed by atoms with Crippen molar-refractivity contribution in [3.05, 3.63) is 69.7 Å². The summed E-state index contributed by atoms with van der Waals surface area (Å²) in [6.45, 7) is 0. The van der Waals surface area contributed by atoms with Crippen molar-refractivity contribution in [3.8, 4) is 0 Å². The summed E-state index contributed by atoms with van der Waals surface area (Å²) in [4.78, 5) is 28.6. The molecule has 0 saturated carbocycles. The van der Waals surface area contributed by atoms with Crippen LogP contribution in [0.1, 0.15) is 28.4 Å². The second kappa shape index (κ2) is 7.02.